The van der Waals surface area contributed by atoms with Gasteiger partial charge in [0.2, 0.25) is 0 Å². The van der Waals surface area contributed by atoms with E-state index in [9.17, 15) is 4.39 Å². The standard InChI is InChI=1S/C17H19FIN/c1-2-11-20-17(13-7-9-15(19)10-8-13)12-14-5-3-4-6-16(14)18/h3-10,17,20H,2,11-12H2,1H3. The molecule has 20 heavy (non-hydrogen) atoms. The highest BCUT2D eigenvalue weighted by molar-refractivity contribution is 14.1. The van der Waals surface area contributed by atoms with Crippen molar-refractivity contribution in [2.24, 2.45) is 0 Å². The number of hydrogen-bond donors (Lipinski definition) is 1. The van der Waals surface area contributed by atoms with Gasteiger partial charge in [-0.15, -0.1) is 0 Å². The molecule has 0 fully saturated rings. The molecule has 0 amide bonds. The van der Waals surface area contributed by atoms with Crippen molar-refractivity contribution in [2.45, 2.75) is 25.8 Å². The number of benzene rings is 2. The summed E-state index contributed by atoms with van der Waals surface area (Å²) in [4.78, 5) is 0. The van der Waals surface area contributed by atoms with Gasteiger partial charge in [0, 0.05) is 9.61 Å². The summed E-state index contributed by atoms with van der Waals surface area (Å²) in [5.74, 6) is -0.124. The minimum absolute atomic E-state index is 0.124. The Balaban J connectivity index is 2.19. The van der Waals surface area contributed by atoms with Crippen LogP contribution >= 0.6 is 22.6 Å². The normalized spacial score (nSPS) is 12.3. The van der Waals surface area contributed by atoms with Crippen LogP contribution in [0.25, 0.3) is 0 Å². The largest absolute Gasteiger partial charge is 0.310 e. The fourth-order valence-electron chi connectivity index (χ4n) is 2.21. The molecule has 1 atom stereocenters. The van der Waals surface area contributed by atoms with E-state index >= 15 is 0 Å². The zero-order valence-corrected chi connectivity index (χ0v) is 13.7. The minimum Gasteiger partial charge on any atom is -0.310 e. The van der Waals surface area contributed by atoms with Crippen molar-refractivity contribution in [3.8, 4) is 0 Å². The Morgan fingerprint density at radius 3 is 2.45 bits per heavy atom. The molecular formula is C17H19FIN. The third-order valence-corrected chi connectivity index (χ3v) is 4.01. The van der Waals surface area contributed by atoms with Gasteiger partial charge >= 0.3 is 0 Å². The van der Waals surface area contributed by atoms with Crippen LogP contribution in [0, 0.1) is 9.39 Å². The van der Waals surface area contributed by atoms with Gasteiger partial charge in [0.05, 0.1) is 0 Å². The molecule has 0 radical (unpaired) electrons. The summed E-state index contributed by atoms with van der Waals surface area (Å²) >= 11 is 2.30. The van der Waals surface area contributed by atoms with Crippen LogP contribution in [0.4, 0.5) is 4.39 Å². The first-order valence-corrected chi connectivity index (χ1v) is 8.01. The molecule has 1 N–H and O–H groups in total. The van der Waals surface area contributed by atoms with Crippen molar-refractivity contribution in [2.75, 3.05) is 6.54 Å². The Morgan fingerprint density at radius 1 is 1.10 bits per heavy atom. The van der Waals surface area contributed by atoms with Gasteiger partial charge in [-0.3, -0.25) is 0 Å². The molecule has 1 nitrogen and oxygen atoms in total. The van der Waals surface area contributed by atoms with Crippen LogP contribution in [0.2, 0.25) is 0 Å². The summed E-state index contributed by atoms with van der Waals surface area (Å²) in [6.45, 7) is 3.08. The molecular weight excluding hydrogens is 364 g/mol. The van der Waals surface area contributed by atoms with Crippen molar-refractivity contribution < 1.29 is 4.39 Å². The number of hydrogen-bond acceptors (Lipinski definition) is 1. The molecule has 0 saturated carbocycles. The van der Waals surface area contributed by atoms with E-state index in [1.54, 1.807) is 6.07 Å². The SMILES string of the molecule is CCCNC(Cc1ccccc1F)c1ccc(I)cc1. The fraction of sp³-hybridized carbons (Fsp3) is 0.294. The number of rotatable bonds is 6. The summed E-state index contributed by atoms with van der Waals surface area (Å²) in [7, 11) is 0. The Bertz CT molecular complexity index is 539. The predicted molar refractivity (Wildman–Crippen MR) is 90.3 cm³/mol. The van der Waals surface area contributed by atoms with Crippen molar-refractivity contribution in [3.05, 3.63) is 69.0 Å². The Hall–Kier alpha value is -0.940. The smallest absolute Gasteiger partial charge is 0.126 e. The van der Waals surface area contributed by atoms with Crippen LogP contribution in [0.5, 0.6) is 0 Å². The molecule has 0 bridgehead atoms. The van der Waals surface area contributed by atoms with Gasteiger partial charge in [0.25, 0.3) is 0 Å². The first-order chi connectivity index (χ1) is 9.70. The summed E-state index contributed by atoms with van der Waals surface area (Å²) in [6.07, 6.45) is 1.74. The first-order valence-electron chi connectivity index (χ1n) is 6.93. The Morgan fingerprint density at radius 2 is 1.80 bits per heavy atom. The molecule has 2 aromatic carbocycles. The highest BCUT2D eigenvalue weighted by Crippen LogP contribution is 2.21. The van der Waals surface area contributed by atoms with Gasteiger partial charge in [0.1, 0.15) is 5.82 Å². The Kier molecular flexibility index (Phi) is 5.98. The molecule has 0 aliphatic rings. The number of halogens is 2. The highest BCUT2D eigenvalue weighted by atomic mass is 127. The second-order valence-corrected chi connectivity index (χ2v) is 6.10. The average molecular weight is 383 g/mol. The lowest BCUT2D eigenvalue weighted by atomic mass is 9.98. The predicted octanol–water partition coefficient (Wildman–Crippen LogP) is 4.71. The monoisotopic (exact) mass is 383 g/mol. The van der Waals surface area contributed by atoms with E-state index in [4.69, 9.17) is 0 Å². The van der Waals surface area contributed by atoms with E-state index in [1.807, 2.05) is 12.1 Å². The fourth-order valence-corrected chi connectivity index (χ4v) is 2.56. The van der Waals surface area contributed by atoms with E-state index in [1.165, 1.54) is 15.2 Å². The summed E-state index contributed by atoms with van der Waals surface area (Å²) < 4.78 is 15.0. The van der Waals surface area contributed by atoms with Gasteiger partial charge in [-0.05, 0) is 71.3 Å². The summed E-state index contributed by atoms with van der Waals surface area (Å²) in [6, 6.07) is 15.6. The molecule has 106 valence electrons. The molecule has 2 aromatic rings. The molecule has 0 aromatic heterocycles. The maximum absolute atomic E-state index is 13.8. The second kappa shape index (κ2) is 7.74. The van der Waals surface area contributed by atoms with Gasteiger partial charge in [-0.1, -0.05) is 37.3 Å². The first kappa shape index (κ1) is 15.4. The highest BCUT2D eigenvalue weighted by Gasteiger charge is 2.13. The van der Waals surface area contributed by atoms with E-state index in [-0.39, 0.29) is 11.9 Å². The zero-order valence-electron chi connectivity index (χ0n) is 11.6. The maximum atomic E-state index is 13.8. The number of nitrogens with one attached hydrogen (secondary N) is 1. The summed E-state index contributed by atoms with van der Waals surface area (Å²) in [5.41, 5.74) is 1.97. The van der Waals surface area contributed by atoms with Crippen LogP contribution in [-0.4, -0.2) is 6.54 Å². The van der Waals surface area contributed by atoms with Crippen molar-refractivity contribution in [1.82, 2.24) is 5.32 Å². The van der Waals surface area contributed by atoms with Crippen molar-refractivity contribution >= 4 is 22.6 Å². The van der Waals surface area contributed by atoms with Crippen molar-refractivity contribution in [1.29, 1.82) is 0 Å². The van der Waals surface area contributed by atoms with Crippen LogP contribution in [0.3, 0.4) is 0 Å². The van der Waals surface area contributed by atoms with E-state index in [2.05, 4.69) is 59.1 Å². The molecule has 0 saturated heterocycles. The lowest BCUT2D eigenvalue weighted by Crippen LogP contribution is -2.24. The van der Waals surface area contributed by atoms with Gasteiger partial charge < -0.3 is 5.32 Å². The second-order valence-electron chi connectivity index (χ2n) is 4.85. The van der Waals surface area contributed by atoms with E-state index in [0.717, 1.165) is 18.5 Å². The van der Waals surface area contributed by atoms with Crippen LogP contribution in [0.1, 0.15) is 30.5 Å². The molecule has 0 aliphatic heterocycles. The van der Waals surface area contributed by atoms with Crippen LogP contribution < -0.4 is 5.32 Å². The lowest BCUT2D eigenvalue weighted by molar-refractivity contribution is 0.513. The van der Waals surface area contributed by atoms with Crippen LogP contribution in [-0.2, 0) is 6.42 Å². The van der Waals surface area contributed by atoms with Crippen LogP contribution in [0.15, 0.2) is 48.5 Å². The molecule has 1 unspecified atom stereocenters. The Labute approximate surface area is 133 Å². The lowest BCUT2D eigenvalue weighted by Gasteiger charge is -2.19. The molecule has 0 spiro atoms. The molecule has 2 rings (SSSR count). The molecule has 3 heteroatoms. The molecule has 0 aliphatic carbocycles. The zero-order chi connectivity index (χ0) is 14.4. The molecule has 0 heterocycles. The topological polar surface area (TPSA) is 12.0 Å². The van der Waals surface area contributed by atoms with Gasteiger partial charge in [0.15, 0.2) is 0 Å². The van der Waals surface area contributed by atoms with E-state index < -0.39 is 0 Å². The minimum atomic E-state index is -0.124. The van der Waals surface area contributed by atoms with Crippen molar-refractivity contribution in [3.63, 3.8) is 0 Å². The third kappa shape index (κ3) is 4.28. The average Bonchev–Trinajstić information content (AvgIpc) is 2.46. The quantitative estimate of drug-likeness (QED) is 0.713. The maximum Gasteiger partial charge on any atom is 0.126 e. The van der Waals surface area contributed by atoms with Gasteiger partial charge in [-0.2, -0.15) is 0 Å². The summed E-state index contributed by atoms with van der Waals surface area (Å²) in [5, 5.41) is 3.51. The third-order valence-electron chi connectivity index (χ3n) is 3.29. The van der Waals surface area contributed by atoms with E-state index in [0.29, 0.717) is 6.42 Å². The van der Waals surface area contributed by atoms with Gasteiger partial charge in [-0.25, -0.2) is 4.39 Å².